The van der Waals surface area contributed by atoms with Crippen molar-refractivity contribution >= 4 is 34.5 Å². The molecule has 2 heterocycles. The van der Waals surface area contributed by atoms with Gasteiger partial charge in [-0.25, -0.2) is 14.6 Å². The number of anilines is 1. The lowest BCUT2D eigenvalue weighted by Crippen LogP contribution is -2.32. The fraction of sp³-hybridized carbons (Fsp3) is 0.700. The number of amides is 1. The Morgan fingerprint density at radius 3 is 2.68 bits per heavy atom. The summed E-state index contributed by atoms with van der Waals surface area (Å²) in [6.45, 7) is 10.6. The fourth-order valence-electron chi connectivity index (χ4n) is 3.42. The van der Waals surface area contributed by atoms with Crippen molar-refractivity contribution in [2.45, 2.75) is 70.3 Å². The topological polar surface area (TPSA) is 84.7 Å². The van der Waals surface area contributed by atoms with Gasteiger partial charge in [0, 0.05) is 24.3 Å². The second-order valence-corrected chi connectivity index (χ2v) is 9.72. The number of carbonyl (C=O) groups is 1. The van der Waals surface area contributed by atoms with E-state index in [1.807, 2.05) is 10.9 Å². The Labute approximate surface area is 171 Å². The summed E-state index contributed by atoms with van der Waals surface area (Å²) in [6, 6.07) is 0. The molecular weight excluding hydrogens is 372 g/mol. The quantitative estimate of drug-likeness (QED) is 0.490. The van der Waals surface area contributed by atoms with E-state index in [1.54, 1.807) is 11.8 Å². The van der Waals surface area contributed by atoms with Crippen LogP contribution >= 0.6 is 11.8 Å². The number of thioether (sulfide) groups is 1. The smallest absolute Gasteiger partial charge is 0.223 e. The molecule has 1 aliphatic carbocycles. The van der Waals surface area contributed by atoms with Gasteiger partial charge >= 0.3 is 0 Å². The Morgan fingerprint density at radius 1 is 1.25 bits per heavy atom. The standard InChI is InChI=1S/C20H32N6OS/c1-13(2)11-22-17-16-12-23-26(18(16)25-20(24-17)28-14(3)4)10-9-21-19(27)15-7-5-6-8-15/h12-15H,5-11H2,1-4H3,(H,21,27)(H,22,24,25). The number of hydrogen-bond donors (Lipinski definition) is 2. The number of aromatic nitrogens is 4. The zero-order valence-electron chi connectivity index (χ0n) is 17.4. The van der Waals surface area contributed by atoms with Gasteiger partial charge in [0.05, 0.1) is 18.1 Å². The molecule has 0 unspecified atom stereocenters. The summed E-state index contributed by atoms with van der Waals surface area (Å²) in [6.07, 6.45) is 6.19. The Balaban J connectivity index is 1.74. The van der Waals surface area contributed by atoms with E-state index < -0.39 is 0 Å². The van der Waals surface area contributed by atoms with Gasteiger partial charge in [-0.15, -0.1) is 0 Å². The summed E-state index contributed by atoms with van der Waals surface area (Å²) in [7, 11) is 0. The van der Waals surface area contributed by atoms with Crippen LogP contribution in [0.4, 0.5) is 5.82 Å². The molecule has 1 aliphatic rings. The molecule has 154 valence electrons. The average molecular weight is 405 g/mol. The van der Waals surface area contributed by atoms with Crippen molar-refractivity contribution < 1.29 is 4.79 Å². The molecule has 0 aromatic carbocycles. The van der Waals surface area contributed by atoms with Crippen LogP contribution in [0.15, 0.2) is 11.4 Å². The second-order valence-electron chi connectivity index (χ2n) is 8.17. The molecule has 0 saturated heterocycles. The predicted molar refractivity (Wildman–Crippen MR) is 115 cm³/mol. The van der Waals surface area contributed by atoms with Gasteiger partial charge in [0.2, 0.25) is 5.91 Å². The average Bonchev–Trinajstić information content (AvgIpc) is 3.29. The number of fused-ring (bicyclic) bond motifs is 1. The van der Waals surface area contributed by atoms with Gasteiger partial charge in [-0.3, -0.25) is 4.79 Å². The van der Waals surface area contributed by atoms with Crippen LogP contribution in [-0.2, 0) is 11.3 Å². The second kappa shape index (κ2) is 9.58. The number of carbonyl (C=O) groups excluding carboxylic acids is 1. The van der Waals surface area contributed by atoms with Gasteiger partial charge in [-0.2, -0.15) is 5.10 Å². The molecule has 8 heteroatoms. The monoisotopic (exact) mass is 404 g/mol. The van der Waals surface area contributed by atoms with Gasteiger partial charge in [0.1, 0.15) is 5.82 Å². The van der Waals surface area contributed by atoms with Crippen LogP contribution in [-0.4, -0.2) is 44.0 Å². The van der Waals surface area contributed by atoms with Crippen molar-refractivity contribution in [3.8, 4) is 0 Å². The number of nitrogens with zero attached hydrogens (tertiary/aromatic N) is 4. The summed E-state index contributed by atoms with van der Waals surface area (Å²) in [5.41, 5.74) is 0.819. The molecule has 7 nitrogen and oxygen atoms in total. The molecule has 28 heavy (non-hydrogen) atoms. The van der Waals surface area contributed by atoms with Crippen molar-refractivity contribution in [2.75, 3.05) is 18.4 Å². The molecule has 0 radical (unpaired) electrons. The van der Waals surface area contributed by atoms with Crippen LogP contribution < -0.4 is 10.6 Å². The molecule has 1 fully saturated rings. The highest BCUT2D eigenvalue weighted by molar-refractivity contribution is 7.99. The van der Waals surface area contributed by atoms with Gasteiger partial charge in [0.25, 0.3) is 0 Å². The van der Waals surface area contributed by atoms with Crippen molar-refractivity contribution in [2.24, 2.45) is 11.8 Å². The third-order valence-corrected chi connectivity index (χ3v) is 5.71. The van der Waals surface area contributed by atoms with Crippen LogP contribution in [0.1, 0.15) is 53.4 Å². The highest BCUT2D eigenvalue weighted by Crippen LogP contribution is 2.27. The first kappa shape index (κ1) is 20.9. The van der Waals surface area contributed by atoms with Crippen molar-refractivity contribution in [1.82, 2.24) is 25.1 Å². The Kier molecular flexibility index (Phi) is 7.15. The van der Waals surface area contributed by atoms with Crippen molar-refractivity contribution in [1.29, 1.82) is 0 Å². The van der Waals surface area contributed by atoms with E-state index in [1.165, 1.54) is 12.8 Å². The maximum atomic E-state index is 12.2. The molecular formula is C20H32N6OS. The zero-order valence-corrected chi connectivity index (χ0v) is 18.2. The largest absolute Gasteiger partial charge is 0.369 e. The lowest BCUT2D eigenvalue weighted by atomic mass is 10.1. The third-order valence-electron chi connectivity index (χ3n) is 4.84. The summed E-state index contributed by atoms with van der Waals surface area (Å²) in [5.74, 6) is 1.73. The van der Waals surface area contributed by atoms with Crippen molar-refractivity contribution in [3.63, 3.8) is 0 Å². The SMILES string of the molecule is CC(C)CNc1nc(SC(C)C)nc2c1cnn2CCNC(=O)C1CCCC1. The molecule has 2 N–H and O–H groups in total. The van der Waals surface area contributed by atoms with Gasteiger partial charge in [0.15, 0.2) is 10.8 Å². The molecule has 3 rings (SSSR count). The minimum absolute atomic E-state index is 0.180. The maximum Gasteiger partial charge on any atom is 0.223 e. The van der Waals surface area contributed by atoms with Gasteiger partial charge in [-0.1, -0.05) is 52.3 Å². The van der Waals surface area contributed by atoms with Gasteiger partial charge < -0.3 is 10.6 Å². The molecule has 0 spiro atoms. The highest BCUT2D eigenvalue weighted by atomic mass is 32.2. The number of hydrogen-bond acceptors (Lipinski definition) is 6. The molecule has 1 amide bonds. The van der Waals surface area contributed by atoms with Crippen LogP contribution in [0, 0.1) is 11.8 Å². The fourth-order valence-corrected chi connectivity index (χ4v) is 4.12. The van der Waals surface area contributed by atoms with E-state index in [2.05, 4.69) is 43.4 Å². The number of nitrogens with one attached hydrogen (secondary N) is 2. The maximum absolute atomic E-state index is 12.2. The van der Waals surface area contributed by atoms with Crippen LogP contribution in [0.3, 0.4) is 0 Å². The summed E-state index contributed by atoms with van der Waals surface area (Å²) in [5, 5.41) is 13.1. The summed E-state index contributed by atoms with van der Waals surface area (Å²) in [4.78, 5) is 21.7. The van der Waals surface area contributed by atoms with E-state index in [0.29, 0.717) is 24.3 Å². The lowest BCUT2D eigenvalue weighted by molar-refractivity contribution is -0.124. The van der Waals surface area contributed by atoms with E-state index in [-0.39, 0.29) is 11.8 Å². The minimum Gasteiger partial charge on any atom is -0.369 e. The van der Waals surface area contributed by atoms with E-state index in [9.17, 15) is 4.79 Å². The summed E-state index contributed by atoms with van der Waals surface area (Å²) >= 11 is 1.65. The first-order valence-corrected chi connectivity index (χ1v) is 11.2. The van der Waals surface area contributed by atoms with Crippen LogP contribution in [0.2, 0.25) is 0 Å². The number of rotatable bonds is 9. The highest BCUT2D eigenvalue weighted by Gasteiger charge is 2.22. The first-order chi connectivity index (χ1) is 13.4. The Morgan fingerprint density at radius 2 is 2.00 bits per heavy atom. The Hall–Kier alpha value is -1.83. The van der Waals surface area contributed by atoms with Gasteiger partial charge in [-0.05, 0) is 18.8 Å². The third kappa shape index (κ3) is 5.37. The molecule has 1 saturated carbocycles. The Bertz CT molecular complexity index is 797. The van der Waals surface area contributed by atoms with E-state index in [4.69, 9.17) is 9.97 Å². The summed E-state index contributed by atoms with van der Waals surface area (Å²) < 4.78 is 1.87. The molecule has 0 bridgehead atoms. The molecule has 0 atom stereocenters. The molecule has 2 aromatic heterocycles. The first-order valence-electron chi connectivity index (χ1n) is 10.4. The van der Waals surface area contributed by atoms with Crippen LogP contribution in [0.5, 0.6) is 0 Å². The van der Waals surface area contributed by atoms with E-state index >= 15 is 0 Å². The van der Waals surface area contributed by atoms with Crippen molar-refractivity contribution in [3.05, 3.63) is 6.20 Å². The molecule has 0 aliphatic heterocycles. The van der Waals surface area contributed by atoms with E-state index in [0.717, 1.165) is 41.4 Å². The zero-order chi connectivity index (χ0) is 20.1. The predicted octanol–water partition coefficient (Wildman–Crippen LogP) is 3.70. The minimum atomic E-state index is 0.180. The van der Waals surface area contributed by atoms with Crippen LogP contribution in [0.25, 0.3) is 11.0 Å². The lowest BCUT2D eigenvalue weighted by Gasteiger charge is -2.12. The normalized spacial score (nSPS) is 15.1. The molecule has 2 aromatic rings.